The van der Waals surface area contributed by atoms with Gasteiger partial charge < -0.3 is 4.90 Å². The van der Waals surface area contributed by atoms with E-state index in [-0.39, 0.29) is 6.04 Å². The standard InChI is InChI=1S/C18H19N7O2/c26-16(22-18-19-10-12-24(18)14-5-2-1-3-6-14)17(27)23-11-4-7-15(13-23)25-20-8-9-21-25/h1-3,5-6,8-10,12,15H,4,7,11,13H2,(H,19,22,26). The molecule has 0 radical (unpaired) electrons. The molecular weight excluding hydrogens is 346 g/mol. The molecule has 0 spiro atoms. The van der Waals surface area contributed by atoms with Crippen LogP contribution in [0.2, 0.25) is 0 Å². The minimum Gasteiger partial charge on any atom is -0.332 e. The van der Waals surface area contributed by atoms with Crippen LogP contribution < -0.4 is 5.32 Å². The molecule has 1 atom stereocenters. The first-order chi connectivity index (χ1) is 13.2. The van der Waals surface area contributed by atoms with E-state index >= 15 is 0 Å². The largest absolute Gasteiger partial charge is 0.332 e. The molecule has 1 N–H and O–H groups in total. The Balaban J connectivity index is 1.44. The molecule has 0 aliphatic carbocycles. The molecule has 1 saturated heterocycles. The van der Waals surface area contributed by atoms with Gasteiger partial charge in [-0.2, -0.15) is 15.0 Å². The van der Waals surface area contributed by atoms with Crippen molar-refractivity contribution in [2.24, 2.45) is 0 Å². The lowest BCUT2D eigenvalue weighted by Gasteiger charge is -2.31. The molecule has 2 aromatic heterocycles. The van der Waals surface area contributed by atoms with Crippen LogP contribution in [0.4, 0.5) is 5.95 Å². The van der Waals surface area contributed by atoms with Crippen molar-refractivity contribution in [3.63, 3.8) is 0 Å². The number of piperidine rings is 1. The molecule has 1 aliphatic heterocycles. The number of carbonyl (C=O) groups is 2. The van der Waals surface area contributed by atoms with Gasteiger partial charge in [-0.05, 0) is 25.0 Å². The van der Waals surface area contributed by atoms with Crippen LogP contribution in [0.1, 0.15) is 18.9 Å². The van der Waals surface area contributed by atoms with Crippen molar-refractivity contribution >= 4 is 17.8 Å². The highest BCUT2D eigenvalue weighted by molar-refractivity contribution is 6.39. The Kier molecular flexibility index (Phi) is 4.65. The third kappa shape index (κ3) is 3.57. The fourth-order valence-electron chi connectivity index (χ4n) is 3.23. The topological polar surface area (TPSA) is 97.9 Å². The minimum atomic E-state index is -0.701. The zero-order valence-corrected chi connectivity index (χ0v) is 14.6. The highest BCUT2D eigenvalue weighted by atomic mass is 16.2. The van der Waals surface area contributed by atoms with Gasteiger partial charge in [0.2, 0.25) is 5.95 Å². The van der Waals surface area contributed by atoms with Crippen molar-refractivity contribution in [2.75, 3.05) is 18.4 Å². The summed E-state index contributed by atoms with van der Waals surface area (Å²) in [6, 6.07) is 9.46. The van der Waals surface area contributed by atoms with Gasteiger partial charge in [0.1, 0.15) is 0 Å². The van der Waals surface area contributed by atoms with Gasteiger partial charge >= 0.3 is 11.8 Å². The number of nitrogens with one attached hydrogen (secondary N) is 1. The maximum Gasteiger partial charge on any atom is 0.316 e. The van der Waals surface area contributed by atoms with Crippen LogP contribution in [0.15, 0.2) is 55.1 Å². The number of nitrogens with zero attached hydrogens (tertiary/aromatic N) is 6. The predicted molar refractivity (Wildman–Crippen MR) is 97.1 cm³/mol. The first kappa shape index (κ1) is 17.0. The minimum absolute atomic E-state index is 0.0168. The van der Waals surface area contributed by atoms with E-state index in [0.717, 1.165) is 18.5 Å². The summed E-state index contributed by atoms with van der Waals surface area (Å²) in [4.78, 5) is 32.4. The molecule has 1 aromatic carbocycles. The van der Waals surface area contributed by atoms with Gasteiger partial charge in [0.15, 0.2) is 0 Å². The molecule has 27 heavy (non-hydrogen) atoms. The molecule has 2 amide bonds. The van der Waals surface area contributed by atoms with Crippen molar-refractivity contribution in [1.82, 2.24) is 29.4 Å². The van der Waals surface area contributed by atoms with E-state index in [2.05, 4.69) is 20.5 Å². The predicted octanol–water partition coefficient (Wildman–Crippen LogP) is 1.27. The first-order valence-corrected chi connectivity index (χ1v) is 8.77. The van der Waals surface area contributed by atoms with Crippen molar-refractivity contribution < 1.29 is 9.59 Å². The summed E-state index contributed by atoms with van der Waals surface area (Å²) in [6.07, 6.45) is 8.19. The van der Waals surface area contributed by atoms with Crippen LogP contribution >= 0.6 is 0 Å². The smallest absolute Gasteiger partial charge is 0.316 e. The molecule has 4 rings (SSSR count). The summed E-state index contributed by atoms with van der Waals surface area (Å²) in [6.45, 7) is 0.950. The summed E-state index contributed by atoms with van der Waals surface area (Å²) >= 11 is 0. The quantitative estimate of drug-likeness (QED) is 0.705. The average molecular weight is 365 g/mol. The van der Waals surface area contributed by atoms with Crippen LogP contribution in [-0.4, -0.2) is 54.3 Å². The SMILES string of the molecule is O=C(Nc1nccn1-c1ccccc1)C(=O)N1CCCC(n2nccn2)C1. The van der Waals surface area contributed by atoms with Gasteiger partial charge in [0, 0.05) is 31.2 Å². The number of hydrogen-bond donors (Lipinski definition) is 1. The number of amides is 2. The Bertz CT molecular complexity index is 920. The maximum absolute atomic E-state index is 12.6. The van der Waals surface area contributed by atoms with Gasteiger partial charge in [0.25, 0.3) is 0 Å². The molecule has 3 heterocycles. The summed E-state index contributed by atoms with van der Waals surface area (Å²) in [5.74, 6) is -0.969. The monoisotopic (exact) mass is 365 g/mol. The number of anilines is 1. The lowest BCUT2D eigenvalue weighted by Crippen LogP contribution is -2.46. The van der Waals surface area contributed by atoms with E-state index in [1.807, 2.05) is 30.3 Å². The molecule has 1 aliphatic rings. The second-order valence-corrected chi connectivity index (χ2v) is 6.31. The molecule has 0 saturated carbocycles. The van der Waals surface area contributed by atoms with E-state index in [4.69, 9.17) is 0 Å². The van der Waals surface area contributed by atoms with Crippen LogP contribution in [0.25, 0.3) is 5.69 Å². The van der Waals surface area contributed by atoms with Crippen LogP contribution in [0.5, 0.6) is 0 Å². The maximum atomic E-state index is 12.6. The molecular formula is C18H19N7O2. The molecule has 0 bridgehead atoms. The lowest BCUT2D eigenvalue weighted by molar-refractivity contribution is -0.144. The fraction of sp³-hybridized carbons (Fsp3) is 0.278. The Morgan fingerprint density at radius 2 is 1.85 bits per heavy atom. The van der Waals surface area contributed by atoms with E-state index < -0.39 is 11.8 Å². The van der Waals surface area contributed by atoms with Gasteiger partial charge in [-0.25, -0.2) is 4.98 Å². The second-order valence-electron chi connectivity index (χ2n) is 6.31. The summed E-state index contributed by atoms with van der Waals surface area (Å²) < 4.78 is 1.72. The Hall–Kier alpha value is -3.49. The Morgan fingerprint density at radius 3 is 2.63 bits per heavy atom. The fourth-order valence-corrected chi connectivity index (χ4v) is 3.23. The van der Waals surface area contributed by atoms with Crippen LogP contribution in [0.3, 0.4) is 0 Å². The summed E-state index contributed by atoms with van der Waals surface area (Å²) in [5.41, 5.74) is 0.848. The van der Waals surface area contributed by atoms with E-state index in [9.17, 15) is 9.59 Å². The number of carbonyl (C=O) groups excluding carboxylic acids is 2. The summed E-state index contributed by atoms with van der Waals surface area (Å²) in [7, 11) is 0. The molecule has 9 heteroatoms. The second kappa shape index (κ2) is 7.40. The number of imidazole rings is 1. The zero-order chi connectivity index (χ0) is 18.6. The van der Waals surface area contributed by atoms with Gasteiger partial charge in [0.05, 0.1) is 18.4 Å². The average Bonchev–Trinajstić information content (AvgIpc) is 3.40. The summed E-state index contributed by atoms with van der Waals surface area (Å²) in [5, 5.41) is 10.9. The van der Waals surface area contributed by atoms with E-state index in [1.165, 1.54) is 0 Å². The number of para-hydroxylation sites is 1. The Labute approximate surface area is 155 Å². The van der Waals surface area contributed by atoms with Crippen molar-refractivity contribution in [3.05, 3.63) is 55.1 Å². The molecule has 138 valence electrons. The van der Waals surface area contributed by atoms with Crippen molar-refractivity contribution in [2.45, 2.75) is 18.9 Å². The van der Waals surface area contributed by atoms with Crippen molar-refractivity contribution in [3.8, 4) is 5.69 Å². The van der Waals surface area contributed by atoms with Gasteiger partial charge in [-0.3, -0.25) is 19.5 Å². The highest BCUT2D eigenvalue weighted by Gasteiger charge is 2.30. The number of benzene rings is 1. The number of aromatic nitrogens is 5. The number of rotatable bonds is 3. The molecule has 9 nitrogen and oxygen atoms in total. The Morgan fingerprint density at radius 1 is 1.07 bits per heavy atom. The third-order valence-corrected chi connectivity index (χ3v) is 4.54. The molecule has 3 aromatic rings. The lowest BCUT2D eigenvalue weighted by atomic mass is 10.1. The normalized spacial score (nSPS) is 16.9. The van der Waals surface area contributed by atoms with E-state index in [0.29, 0.717) is 19.0 Å². The number of likely N-dealkylation sites (tertiary alicyclic amines) is 1. The number of hydrogen-bond acceptors (Lipinski definition) is 5. The molecule has 1 fully saturated rings. The van der Waals surface area contributed by atoms with E-state index in [1.54, 1.807) is 39.1 Å². The zero-order valence-electron chi connectivity index (χ0n) is 14.6. The first-order valence-electron chi connectivity index (χ1n) is 8.77. The van der Waals surface area contributed by atoms with Gasteiger partial charge in [-0.1, -0.05) is 18.2 Å². The van der Waals surface area contributed by atoms with Crippen molar-refractivity contribution in [1.29, 1.82) is 0 Å². The third-order valence-electron chi connectivity index (χ3n) is 4.54. The van der Waals surface area contributed by atoms with Crippen LogP contribution in [0, 0.1) is 0 Å². The van der Waals surface area contributed by atoms with Crippen LogP contribution in [-0.2, 0) is 9.59 Å². The highest BCUT2D eigenvalue weighted by Crippen LogP contribution is 2.20. The molecule has 1 unspecified atom stereocenters. The van der Waals surface area contributed by atoms with Gasteiger partial charge in [-0.15, -0.1) is 0 Å².